The fraction of sp³-hybridized carbons (Fsp3) is 0.467. The van der Waals surface area contributed by atoms with E-state index in [-0.39, 0.29) is 0 Å². The van der Waals surface area contributed by atoms with Crippen molar-refractivity contribution in [1.82, 2.24) is 10.3 Å². The van der Waals surface area contributed by atoms with E-state index in [9.17, 15) is 0 Å². The summed E-state index contributed by atoms with van der Waals surface area (Å²) < 4.78 is 0. The van der Waals surface area contributed by atoms with E-state index in [2.05, 4.69) is 41.5 Å². The van der Waals surface area contributed by atoms with Gasteiger partial charge < -0.3 is 10.3 Å². The second-order valence-corrected chi connectivity index (χ2v) is 5.20. The molecule has 0 spiro atoms. The van der Waals surface area contributed by atoms with Gasteiger partial charge in [-0.2, -0.15) is 0 Å². The highest BCUT2D eigenvalue weighted by atomic mass is 14.9. The number of H-pyrrole nitrogens is 1. The molecule has 3 rings (SSSR count). The predicted molar refractivity (Wildman–Crippen MR) is 72.3 cm³/mol. The minimum atomic E-state index is 0.677. The van der Waals surface area contributed by atoms with Gasteiger partial charge in [0.2, 0.25) is 0 Å². The largest absolute Gasteiger partial charge is 0.361 e. The summed E-state index contributed by atoms with van der Waals surface area (Å²) in [6.07, 6.45) is 4.64. The van der Waals surface area contributed by atoms with Gasteiger partial charge in [0.25, 0.3) is 0 Å². The predicted octanol–water partition coefficient (Wildman–Crippen LogP) is 3.27. The van der Waals surface area contributed by atoms with Gasteiger partial charge in [-0.05, 0) is 66.9 Å². The molecule has 0 amide bonds. The first-order valence-corrected chi connectivity index (χ1v) is 6.62. The molecule has 0 radical (unpaired) electrons. The van der Waals surface area contributed by atoms with Gasteiger partial charge >= 0.3 is 0 Å². The maximum absolute atomic E-state index is 3.44. The Labute approximate surface area is 102 Å². The van der Waals surface area contributed by atoms with Gasteiger partial charge in [-0.1, -0.05) is 13.0 Å². The topological polar surface area (TPSA) is 27.8 Å². The van der Waals surface area contributed by atoms with Crippen LogP contribution in [0.3, 0.4) is 0 Å². The van der Waals surface area contributed by atoms with Gasteiger partial charge in [-0.3, -0.25) is 0 Å². The third-order valence-electron chi connectivity index (χ3n) is 4.19. The van der Waals surface area contributed by atoms with E-state index < -0.39 is 0 Å². The minimum Gasteiger partial charge on any atom is -0.361 e. The van der Waals surface area contributed by atoms with Crippen LogP contribution in [0.1, 0.15) is 31.2 Å². The molecule has 1 aromatic heterocycles. The van der Waals surface area contributed by atoms with Gasteiger partial charge in [-0.15, -0.1) is 0 Å². The fourth-order valence-corrected chi connectivity index (χ4v) is 2.97. The lowest BCUT2D eigenvalue weighted by atomic mass is 9.81. The Morgan fingerprint density at radius 2 is 2.00 bits per heavy atom. The molecule has 1 aromatic carbocycles. The zero-order chi connectivity index (χ0) is 11.7. The van der Waals surface area contributed by atoms with Crippen molar-refractivity contribution < 1.29 is 0 Å². The fourth-order valence-electron chi connectivity index (χ4n) is 2.97. The van der Waals surface area contributed by atoms with E-state index in [1.807, 2.05) is 6.20 Å². The second kappa shape index (κ2) is 4.53. The van der Waals surface area contributed by atoms with Crippen LogP contribution in [-0.2, 0) is 0 Å². The van der Waals surface area contributed by atoms with E-state index in [4.69, 9.17) is 0 Å². The van der Waals surface area contributed by atoms with Crippen LogP contribution in [0.4, 0.5) is 0 Å². The van der Waals surface area contributed by atoms with Crippen molar-refractivity contribution in [2.75, 3.05) is 13.1 Å². The number of aromatic nitrogens is 1. The van der Waals surface area contributed by atoms with Crippen molar-refractivity contribution in [1.29, 1.82) is 0 Å². The van der Waals surface area contributed by atoms with Crippen molar-refractivity contribution in [3.05, 3.63) is 36.0 Å². The number of rotatable bonds is 2. The van der Waals surface area contributed by atoms with Crippen molar-refractivity contribution >= 4 is 10.9 Å². The lowest BCUT2D eigenvalue weighted by Gasteiger charge is -2.28. The first-order valence-electron chi connectivity index (χ1n) is 6.62. The van der Waals surface area contributed by atoms with Gasteiger partial charge in [0.15, 0.2) is 0 Å². The minimum absolute atomic E-state index is 0.677. The van der Waals surface area contributed by atoms with Crippen molar-refractivity contribution in [2.45, 2.75) is 25.7 Å². The molecule has 2 heterocycles. The molecule has 2 heteroatoms. The number of piperidine rings is 1. The van der Waals surface area contributed by atoms with Gasteiger partial charge in [0.05, 0.1) is 0 Å². The molecule has 1 fully saturated rings. The first-order chi connectivity index (χ1) is 8.34. The molecule has 1 unspecified atom stereocenters. The number of aromatic amines is 1. The monoisotopic (exact) mass is 228 g/mol. The molecule has 2 nitrogen and oxygen atoms in total. The Balaban J connectivity index is 1.86. The highest BCUT2D eigenvalue weighted by Gasteiger charge is 2.21. The van der Waals surface area contributed by atoms with E-state index in [1.165, 1.54) is 42.4 Å². The summed E-state index contributed by atoms with van der Waals surface area (Å²) in [7, 11) is 0. The molecule has 0 saturated carbocycles. The molecule has 2 aromatic rings. The average Bonchev–Trinajstić information content (AvgIpc) is 2.86. The van der Waals surface area contributed by atoms with Crippen LogP contribution in [-0.4, -0.2) is 18.1 Å². The Morgan fingerprint density at radius 1 is 1.18 bits per heavy atom. The molecular formula is C15H20N2. The second-order valence-electron chi connectivity index (χ2n) is 5.20. The summed E-state index contributed by atoms with van der Waals surface area (Å²) in [4.78, 5) is 3.26. The average molecular weight is 228 g/mol. The lowest BCUT2D eigenvalue weighted by Crippen LogP contribution is -2.30. The standard InChI is InChI=1S/C15H20N2/c1-11(12-4-7-16-8-5-12)13-2-3-15-14(10-13)6-9-17-15/h2-3,6,9-12,16-17H,4-5,7-8H2,1H3. The molecule has 1 aliphatic heterocycles. The number of hydrogen-bond acceptors (Lipinski definition) is 1. The summed E-state index contributed by atoms with van der Waals surface area (Å²) in [5, 5.41) is 4.78. The zero-order valence-corrected chi connectivity index (χ0v) is 10.4. The molecule has 1 aliphatic rings. The molecule has 0 aliphatic carbocycles. The zero-order valence-electron chi connectivity index (χ0n) is 10.4. The van der Waals surface area contributed by atoms with Crippen LogP contribution in [0.15, 0.2) is 30.5 Å². The van der Waals surface area contributed by atoms with Crippen LogP contribution >= 0.6 is 0 Å². The highest BCUT2D eigenvalue weighted by Crippen LogP contribution is 2.31. The maximum atomic E-state index is 3.44. The smallest absolute Gasteiger partial charge is 0.0454 e. The maximum Gasteiger partial charge on any atom is 0.0454 e. The van der Waals surface area contributed by atoms with Crippen LogP contribution in [0.2, 0.25) is 0 Å². The summed E-state index contributed by atoms with van der Waals surface area (Å²) in [6, 6.07) is 9.00. The number of fused-ring (bicyclic) bond motifs is 1. The van der Waals surface area contributed by atoms with Gasteiger partial charge in [-0.25, -0.2) is 0 Å². The van der Waals surface area contributed by atoms with E-state index in [0.717, 1.165) is 5.92 Å². The molecular weight excluding hydrogens is 208 g/mol. The van der Waals surface area contributed by atoms with Crippen LogP contribution in [0, 0.1) is 5.92 Å². The molecule has 90 valence electrons. The van der Waals surface area contributed by atoms with E-state index >= 15 is 0 Å². The van der Waals surface area contributed by atoms with E-state index in [1.54, 1.807) is 0 Å². The third-order valence-corrected chi connectivity index (χ3v) is 4.19. The molecule has 0 bridgehead atoms. The quantitative estimate of drug-likeness (QED) is 0.811. The first kappa shape index (κ1) is 10.8. The van der Waals surface area contributed by atoms with Gasteiger partial charge in [0.1, 0.15) is 0 Å². The van der Waals surface area contributed by atoms with Crippen molar-refractivity contribution in [3.63, 3.8) is 0 Å². The molecule has 1 atom stereocenters. The summed E-state index contributed by atoms with van der Waals surface area (Å²) in [5.74, 6) is 1.52. The van der Waals surface area contributed by atoms with Crippen molar-refractivity contribution in [2.24, 2.45) is 5.92 Å². The van der Waals surface area contributed by atoms with Gasteiger partial charge in [0, 0.05) is 11.7 Å². The van der Waals surface area contributed by atoms with Crippen LogP contribution in [0.25, 0.3) is 10.9 Å². The normalized spacial score (nSPS) is 19.6. The third kappa shape index (κ3) is 2.09. The number of nitrogens with one attached hydrogen (secondary N) is 2. The Morgan fingerprint density at radius 3 is 2.82 bits per heavy atom. The van der Waals surface area contributed by atoms with E-state index in [0.29, 0.717) is 5.92 Å². The number of benzene rings is 1. The summed E-state index contributed by atoms with van der Waals surface area (Å²) in [6.45, 7) is 4.74. The Bertz CT molecular complexity index is 494. The Kier molecular flexibility index (Phi) is 2.89. The Hall–Kier alpha value is -1.28. The lowest BCUT2D eigenvalue weighted by molar-refractivity contribution is 0.330. The molecule has 1 saturated heterocycles. The molecule has 17 heavy (non-hydrogen) atoms. The summed E-state index contributed by atoms with van der Waals surface area (Å²) in [5.41, 5.74) is 2.73. The number of hydrogen-bond donors (Lipinski definition) is 2. The molecule has 2 N–H and O–H groups in total. The van der Waals surface area contributed by atoms with Crippen LogP contribution in [0.5, 0.6) is 0 Å². The SMILES string of the molecule is CC(c1ccc2[nH]ccc2c1)C1CCNCC1. The highest BCUT2D eigenvalue weighted by molar-refractivity contribution is 5.80. The summed E-state index contributed by atoms with van der Waals surface area (Å²) >= 11 is 0. The van der Waals surface area contributed by atoms with Crippen molar-refractivity contribution in [3.8, 4) is 0 Å². The van der Waals surface area contributed by atoms with Crippen LogP contribution < -0.4 is 5.32 Å².